The van der Waals surface area contributed by atoms with Gasteiger partial charge in [-0.3, -0.25) is 4.79 Å². The monoisotopic (exact) mass is 563 g/mol. The van der Waals surface area contributed by atoms with Gasteiger partial charge in [0.2, 0.25) is 5.91 Å². The van der Waals surface area contributed by atoms with Gasteiger partial charge in [-0.1, -0.05) is 18.2 Å². The van der Waals surface area contributed by atoms with E-state index in [1.54, 1.807) is 4.90 Å². The fourth-order valence-corrected chi connectivity index (χ4v) is 4.75. The lowest BCUT2D eigenvalue weighted by atomic mass is 10.0. The first-order valence-electron chi connectivity index (χ1n) is 12.2. The van der Waals surface area contributed by atoms with Crippen LogP contribution in [-0.4, -0.2) is 83.6 Å². The number of nitrogen functional groups attached to an aromatic ring is 1. The van der Waals surface area contributed by atoms with E-state index in [9.17, 15) is 18.0 Å². The Kier molecular flexibility index (Phi) is 8.17. The number of alkyl halides is 3. The summed E-state index contributed by atoms with van der Waals surface area (Å²) in [7, 11) is 3.81. The molecule has 13 heteroatoms. The highest BCUT2D eigenvalue weighted by Gasteiger charge is 2.35. The molecule has 1 saturated heterocycles. The fraction of sp³-hybridized carbons (Fsp3) is 0.385. The van der Waals surface area contributed by atoms with Crippen LogP contribution >= 0.6 is 11.6 Å². The smallest absolute Gasteiger partial charge is 0.418 e. The van der Waals surface area contributed by atoms with Crippen LogP contribution in [0.5, 0.6) is 6.01 Å². The molecule has 39 heavy (non-hydrogen) atoms. The number of hydrogen-bond donors (Lipinski definition) is 1. The Bertz CT molecular complexity index is 1390. The number of nitrogens with zero attached hydrogens (tertiary/aromatic N) is 6. The van der Waals surface area contributed by atoms with Crippen LogP contribution in [0.1, 0.15) is 12.5 Å². The predicted octanol–water partition coefficient (Wildman–Crippen LogP) is 4.11. The van der Waals surface area contributed by atoms with E-state index in [0.29, 0.717) is 49.4 Å². The summed E-state index contributed by atoms with van der Waals surface area (Å²) < 4.78 is 47.5. The molecular formula is C26H29ClF3N7O2. The number of ether oxygens (including phenoxy) is 1. The summed E-state index contributed by atoms with van der Waals surface area (Å²) in [5, 5.41) is 0.559. The van der Waals surface area contributed by atoms with Gasteiger partial charge in [0.05, 0.1) is 21.8 Å². The van der Waals surface area contributed by atoms with Crippen molar-refractivity contribution in [3.8, 4) is 17.3 Å². The van der Waals surface area contributed by atoms with Crippen molar-refractivity contribution in [1.82, 2.24) is 24.8 Å². The summed E-state index contributed by atoms with van der Waals surface area (Å²) in [4.78, 5) is 30.8. The number of halogens is 4. The van der Waals surface area contributed by atoms with Gasteiger partial charge in [0.15, 0.2) is 0 Å². The number of rotatable bonds is 7. The van der Waals surface area contributed by atoms with Gasteiger partial charge in [0.1, 0.15) is 17.7 Å². The summed E-state index contributed by atoms with van der Waals surface area (Å²) in [6, 6.07) is 5.02. The number of hydrogen-bond acceptors (Lipinski definition) is 8. The molecule has 4 rings (SSSR count). The van der Waals surface area contributed by atoms with Gasteiger partial charge in [0.25, 0.3) is 0 Å². The van der Waals surface area contributed by atoms with Crippen LogP contribution in [0.3, 0.4) is 0 Å². The zero-order valence-corrected chi connectivity index (χ0v) is 22.6. The van der Waals surface area contributed by atoms with Gasteiger partial charge in [-0.05, 0) is 51.4 Å². The van der Waals surface area contributed by atoms with Crippen LogP contribution in [0, 0.1) is 0 Å². The van der Waals surface area contributed by atoms with E-state index in [0.717, 1.165) is 12.1 Å². The van der Waals surface area contributed by atoms with Crippen molar-refractivity contribution in [2.45, 2.75) is 19.2 Å². The number of likely N-dealkylation sites (N-methyl/N-ethyl adjacent to an activating group) is 1. The van der Waals surface area contributed by atoms with Gasteiger partial charge in [0, 0.05) is 43.7 Å². The molecule has 1 aliphatic rings. The average molecular weight is 564 g/mol. The zero-order valence-electron chi connectivity index (χ0n) is 21.8. The van der Waals surface area contributed by atoms with Crippen LogP contribution in [0.2, 0.25) is 5.02 Å². The van der Waals surface area contributed by atoms with E-state index in [-0.39, 0.29) is 34.4 Å². The molecule has 208 valence electrons. The number of amides is 1. The van der Waals surface area contributed by atoms with Crippen molar-refractivity contribution in [2.75, 3.05) is 57.5 Å². The molecule has 1 amide bonds. The SMILES string of the molecule is C=CC(=O)N1CCN(c2nc(O[C@@H](C)CN(C)C)nc3cc(-c4nc(N)ccc4C(F)(F)F)c(Cl)cc23)CC1. The molecule has 0 radical (unpaired) electrons. The number of carbonyl (C=O) groups excluding carboxylic acids is 1. The van der Waals surface area contributed by atoms with E-state index < -0.39 is 17.4 Å². The lowest BCUT2D eigenvalue weighted by molar-refractivity contribution is -0.137. The second-order valence-corrected chi connectivity index (χ2v) is 9.92. The maximum atomic E-state index is 13.8. The summed E-state index contributed by atoms with van der Waals surface area (Å²) in [5.41, 5.74) is 4.74. The van der Waals surface area contributed by atoms with Crippen molar-refractivity contribution in [1.29, 1.82) is 0 Å². The summed E-state index contributed by atoms with van der Waals surface area (Å²) in [6.45, 7) is 7.81. The Morgan fingerprint density at radius 1 is 1.21 bits per heavy atom. The molecule has 0 saturated carbocycles. The highest BCUT2D eigenvalue weighted by molar-refractivity contribution is 6.34. The number of pyridine rings is 1. The van der Waals surface area contributed by atoms with E-state index in [2.05, 4.69) is 21.5 Å². The number of fused-ring (bicyclic) bond motifs is 1. The molecule has 0 unspecified atom stereocenters. The molecule has 1 aromatic carbocycles. The number of aromatic nitrogens is 3. The van der Waals surface area contributed by atoms with Crippen LogP contribution in [0.25, 0.3) is 22.2 Å². The van der Waals surface area contributed by atoms with Crippen molar-refractivity contribution >= 4 is 40.0 Å². The molecule has 0 aliphatic carbocycles. The lowest BCUT2D eigenvalue weighted by Gasteiger charge is -2.35. The lowest BCUT2D eigenvalue weighted by Crippen LogP contribution is -2.48. The second kappa shape index (κ2) is 11.2. The van der Waals surface area contributed by atoms with Crippen molar-refractivity contribution in [3.05, 3.63) is 47.5 Å². The molecule has 0 bridgehead atoms. The third-order valence-electron chi connectivity index (χ3n) is 6.22. The molecule has 3 aromatic rings. The van der Waals surface area contributed by atoms with E-state index >= 15 is 0 Å². The van der Waals surface area contributed by atoms with E-state index in [4.69, 9.17) is 22.1 Å². The number of anilines is 2. The summed E-state index contributed by atoms with van der Waals surface area (Å²) in [6.07, 6.45) is -3.68. The Morgan fingerprint density at radius 2 is 1.90 bits per heavy atom. The quantitative estimate of drug-likeness (QED) is 0.429. The maximum absolute atomic E-state index is 13.8. The Morgan fingerprint density at radius 3 is 2.51 bits per heavy atom. The minimum atomic E-state index is -4.68. The van der Waals surface area contributed by atoms with Crippen LogP contribution in [0.4, 0.5) is 24.8 Å². The molecule has 0 spiro atoms. The number of carbonyl (C=O) groups is 1. The molecule has 9 nitrogen and oxygen atoms in total. The van der Waals surface area contributed by atoms with E-state index in [1.165, 1.54) is 18.2 Å². The highest BCUT2D eigenvalue weighted by atomic mass is 35.5. The van der Waals surface area contributed by atoms with Crippen LogP contribution < -0.4 is 15.4 Å². The molecule has 2 aromatic heterocycles. The molecule has 1 atom stereocenters. The highest BCUT2D eigenvalue weighted by Crippen LogP contribution is 2.41. The molecule has 2 N–H and O–H groups in total. The molecular weight excluding hydrogens is 535 g/mol. The third kappa shape index (κ3) is 6.34. The van der Waals surface area contributed by atoms with Crippen LogP contribution in [0.15, 0.2) is 36.9 Å². The molecule has 3 heterocycles. The Hall–Kier alpha value is -3.64. The summed E-state index contributed by atoms with van der Waals surface area (Å²) in [5.74, 6) is 0.264. The minimum Gasteiger partial charge on any atom is -0.459 e. The standard InChI is InChI=1S/C26H29ClF3N7O2/c1-5-22(38)36-8-10-37(11-9-36)24-17-12-19(27)16(23-18(26(28,29)30)6-7-21(31)33-23)13-20(17)32-25(34-24)39-15(2)14-35(3)4/h5-7,12-13,15H,1,8-11,14H2,2-4H3,(H2,31,33)/t15-/m0/s1. The van der Waals surface area contributed by atoms with Gasteiger partial charge in [-0.2, -0.15) is 23.1 Å². The van der Waals surface area contributed by atoms with Crippen molar-refractivity contribution in [3.63, 3.8) is 0 Å². The Labute approximate surface area is 229 Å². The van der Waals surface area contributed by atoms with E-state index in [1.807, 2.05) is 30.8 Å². The summed E-state index contributed by atoms with van der Waals surface area (Å²) >= 11 is 6.57. The third-order valence-corrected chi connectivity index (χ3v) is 6.53. The second-order valence-electron chi connectivity index (χ2n) is 9.52. The van der Waals surface area contributed by atoms with Gasteiger partial charge < -0.3 is 25.2 Å². The van der Waals surface area contributed by atoms with Crippen molar-refractivity contribution < 1.29 is 22.7 Å². The predicted molar refractivity (Wildman–Crippen MR) is 145 cm³/mol. The molecule has 1 fully saturated rings. The number of nitrogens with two attached hydrogens (primary N) is 1. The topological polar surface area (TPSA) is 101 Å². The van der Waals surface area contributed by atoms with Crippen LogP contribution in [-0.2, 0) is 11.0 Å². The number of benzene rings is 1. The van der Waals surface area contributed by atoms with Crippen molar-refractivity contribution in [2.24, 2.45) is 0 Å². The van der Waals surface area contributed by atoms with Gasteiger partial charge >= 0.3 is 12.2 Å². The van der Waals surface area contributed by atoms with Gasteiger partial charge in [-0.25, -0.2) is 4.98 Å². The molecule has 1 aliphatic heterocycles. The average Bonchev–Trinajstić information content (AvgIpc) is 2.86. The Balaban J connectivity index is 1.84. The first kappa shape index (κ1) is 28.4. The fourth-order valence-electron chi connectivity index (χ4n) is 4.49. The normalized spacial score (nSPS) is 15.1. The number of piperazine rings is 1. The first-order chi connectivity index (χ1) is 18.4. The first-order valence-corrected chi connectivity index (χ1v) is 12.6. The largest absolute Gasteiger partial charge is 0.459 e. The van der Waals surface area contributed by atoms with Gasteiger partial charge in [-0.15, -0.1) is 0 Å². The zero-order chi connectivity index (χ0) is 28.5. The maximum Gasteiger partial charge on any atom is 0.418 e. The minimum absolute atomic E-state index is 0.0298.